The second-order valence-electron chi connectivity index (χ2n) is 2.57. The normalized spacial score (nSPS) is 17.4. The summed E-state index contributed by atoms with van der Waals surface area (Å²) < 4.78 is 1.17. The first kappa shape index (κ1) is 9.24. The molecule has 51 valence electrons. The van der Waals surface area contributed by atoms with Crippen LogP contribution in [-0.4, -0.2) is 22.0 Å². The molecule has 0 aliphatic carbocycles. The zero-order valence-corrected chi connectivity index (χ0v) is 9.58. The Bertz CT molecular complexity index is 74.9. The summed E-state index contributed by atoms with van der Waals surface area (Å²) in [5.74, 6) is 0. The van der Waals surface area contributed by atoms with Crippen molar-refractivity contribution in [2.45, 2.75) is 13.3 Å². The van der Waals surface area contributed by atoms with E-state index in [2.05, 4.69) is 24.5 Å². The van der Waals surface area contributed by atoms with Crippen molar-refractivity contribution in [3.05, 3.63) is 0 Å². The van der Waals surface area contributed by atoms with Crippen LogP contribution < -0.4 is 0 Å². The van der Waals surface area contributed by atoms with Crippen LogP contribution in [0.5, 0.6) is 0 Å². The zero-order valence-electron chi connectivity index (χ0n) is 5.67. The second-order valence-corrected chi connectivity index (χ2v) is 30.3. The number of alkyl halides is 3. The number of rotatable bonds is 2. The molecule has 0 N–H and O–H groups in total. The summed E-state index contributed by atoms with van der Waals surface area (Å²) in [6, 6.07) is 0. The first-order valence-corrected chi connectivity index (χ1v) is 14.7. The van der Waals surface area contributed by atoms with Gasteiger partial charge >= 0.3 is 59.4 Å². The molecule has 0 aromatic heterocycles. The molecule has 3 heteroatoms. The predicted octanol–water partition coefficient (Wildman–Crippen LogP) is 2.47. The van der Waals surface area contributed by atoms with E-state index < -0.39 is 15.1 Å². The number of halogens is 2. The zero-order chi connectivity index (χ0) is 6.86. The molecule has 0 fully saturated rings. The molecule has 0 saturated heterocycles. The van der Waals surface area contributed by atoms with Gasteiger partial charge in [-0.05, 0) is 0 Å². The van der Waals surface area contributed by atoms with E-state index >= 15 is 0 Å². The van der Waals surface area contributed by atoms with E-state index in [-0.39, 0.29) is 0 Å². The Hall–Kier alpha value is 1.24. The van der Waals surface area contributed by atoms with Crippen LogP contribution in [0.1, 0.15) is 13.3 Å². The first-order valence-electron chi connectivity index (χ1n) is 2.56. The Balaban J connectivity index is 3.73. The predicted molar refractivity (Wildman–Crippen MR) is 52.6 cm³/mol. The minimum absolute atomic E-state index is 1.17. The molecule has 0 spiro atoms. The van der Waals surface area contributed by atoms with Gasteiger partial charge in [0.2, 0.25) is 0 Å². The topological polar surface area (TPSA) is 0 Å². The van der Waals surface area contributed by atoms with Gasteiger partial charge in [-0.1, -0.05) is 0 Å². The van der Waals surface area contributed by atoms with Crippen LogP contribution in [-0.2, 0) is 0 Å². The van der Waals surface area contributed by atoms with E-state index in [4.69, 9.17) is 8.91 Å². The van der Waals surface area contributed by atoms with Gasteiger partial charge in [0.05, 0.1) is 0 Å². The standard InChI is InChI=1S/C5H13ClISi/c1-4-5-7(2,3,6)8/h4-5H2,1-3H3. The van der Waals surface area contributed by atoms with Crippen molar-refractivity contribution in [3.63, 3.8) is 0 Å². The Morgan fingerprint density at radius 3 is 1.88 bits per heavy atom. The van der Waals surface area contributed by atoms with E-state index in [1.54, 1.807) is 0 Å². The molecule has 0 aromatic rings. The van der Waals surface area contributed by atoms with Crippen LogP contribution in [0, 0.1) is 0 Å². The van der Waals surface area contributed by atoms with Crippen molar-refractivity contribution in [2.24, 2.45) is 0 Å². The van der Waals surface area contributed by atoms with Crippen LogP contribution in [0.15, 0.2) is 0 Å². The van der Waals surface area contributed by atoms with E-state index in [9.17, 15) is 0 Å². The van der Waals surface area contributed by atoms with Crippen LogP contribution in [0.25, 0.3) is 0 Å². The summed E-state index contributed by atoms with van der Waals surface area (Å²) in [7, 11) is 9.83. The van der Waals surface area contributed by atoms with Crippen molar-refractivity contribution >= 4 is 31.8 Å². The number of hydrogen-bond donors (Lipinski definition) is 0. The SMILES string of the molecule is CCCI(C)(C)([Si])Cl. The van der Waals surface area contributed by atoms with Crippen molar-refractivity contribution < 1.29 is 0 Å². The fourth-order valence-corrected chi connectivity index (χ4v) is 5.87. The van der Waals surface area contributed by atoms with Crippen molar-refractivity contribution in [1.29, 1.82) is 0 Å². The molecule has 3 radical (unpaired) electrons. The Morgan fingerprint density at radius 2 is 1.88 bits per heavy atom. The quantitative estimate of drug-likeness (QED) is 0.311. The van der Waals surface area contributed by atoms with Gasteiger partial charge < -0.3 is 0 Å². The molecule has 0 rings (SSSR count). The third-order valence-electron chi connectivity index (χ3n) is 0.733. The van der Waals surface area contributed by atoms with Crippen molar-refractivity contribution in [2.75, 3.05) is 14.3 Å². The van der Waals surface area contributed by atoms with Crippen LogP contribution >= 0.6 is 24.0 Å². The third-order valence-corrected chi connectivity index (χ3v) is 7.14. The van der Waals surface area contributed by atoms with Gasteiger partial charge in [0.25, 0.3) is 0 Å². The minimum atomic E-state index is -2.36. The summed E-state index contributed by atoms with van der Waals surface area (Å²) in [4.78, 5) is 4.32. The molecule has 0 nitrogen and oxygen atoms in total. The molecule has 0 unspecified atom stereocenters. The molecule has 0 aromatic carbocycles. The Labute approximate surface area is 59.2 Å². The average Bonchev–Trinajstić information content (AvgIpc) is 1.25. The molecule has 0 amide bonds. The Kier molecular flexibility index (Phi) is 2.84. The van der Waals surface area contributed by atoms with Crippen molar-refractivity contribution in [3.8, 4) is 0 Å². The van der Waals surface area contributed by atoms with Gasteiger partial charge in [0.1, 0.15) is 0 Å². The van der Waals surface area contributed by atoms with Gasteiger partial charge in [0.15, 0.2) is 0 Å². The Morgan fingerprint density at radius 1 is 1.50 bits per heavy atom. The maximum atomic E-state index is 6.19. The molecule has 0 atom stereocenters. The summed E-state index contributed by atoms with van der Waals surface area (Å²) >= 11 is -2.36. The molecule has 0 bridgehead atoms. The second kappa shape index (κ2) is 2.46. The third kappa shape index (κ3) is 7.24. The van der Waals surface area contributed by atoms with Gasteiger partial charge in [0, 0.05) is 0 Å². The fourth-order valence-electron chi connectivity index (χ4n) is 0.544. The van der Waals surface area contributed by atoms with E-state index in [0.29, 0.717) is 0 Å². The summed E-state index contributed by atoms with van der Waals surface area (Å²) in [6.07, 6.45) is 1.19. The van der Waals surface area contributed by atoms with Crippen molar-refractivity contribution in [1.82, 2.24) is 0 Å². The molecule has 0 heterocycles. The molecule has 0 aliphatic rings. The van der Waals surface area contributed by atoms with Gasteiger partial charge in [-0.3, -0.25) is 0 Å². The average molecular weight is 264 g/mol. The van der Waals surface area contributed by atoms with Gasteiger partial charge in [-0.15, -0.1) is 0 Å². The molecule has 8 heavy (non-hydrogen) atoms. The van der Waals surface area contributed by atoms with Crippen LogP contribution in [0.2, 0.25) is 0 Å². The summed E-state index contributed by atoms with van der Waals surface area (Å²) in [6.45, 7) is 2.16. The van der Waals surface area contributed by atoms with Gasteiger partial charge in [-0.2, -0.15) is 0 Å². The molecule has 0 aliphatic heterocycles. The summed E-state index contributed by atoms with van der Waals surface area (Å²) in [5.41, 5.74) is 0. The molecular formula is C5H13ClISi. The fraction of sp³-hybridized carbons (Fsp3) is 1.00. The van der Waals surface area contributed by atoms with E-state index in [1.165, 1.54) is 10.8 Å². The maximum absolute atomic E-state index is 6.19. The van der Waals surface area contributed by atoms with Gasteiger partial charge in [-0.25, -0.2) is 0 Å². The molecular weight excluding hydrogens is 250 g/mol. The first-order chi connectivity index (χ1) is 3.31. The van der Waals surface area contributed by atoms with Crippen LogP contribution in [0.4, 0.5) is 0 Å². The monoisotopic (exact) mass is 263 g/mol. The number of hydrogen-bond acceptors (Lipinski definition) is 0. The molecule has 0 saturated carbocycles. The van der Waals surface area contributed by atoms with Crippen LogP contribution in [0.3, 0.4) is 0 Å². The van der Waals surface area contributed by atoms with E-state index in [0.717, 1.165) is 0 Å². The van der Waals surface area contributed by atoms with E-state index in [1.807, 2.05) is 0 Å². The summed E-state index contributed by atoms with van der Waals surface area (Å²) in [5, 5.41) is 0.